The Morgan fingerprint density at radius 2 is 1.87 bits per heavy atom. The van der Waals surface area contributed by atoms with Crippen molar-refractivity contribution < 1.29 is 14.3 Å². The van der Waals surface area contributed by atoms with Gasteiger partial charge in [-0.2, -0.15) is 0 Å². The number of carbonyl (C=O) groups is 1. The van der Waals surface area contributed by atoms with Crippen molar-refractivity contribution in [3.05, 3.63) is 71.1 Å². The third-order valence-corrected chi connectivity index (χ3v) is 7.84. The number of halogens is 1. The normalized spacial score (nSPS) is 14.7. The van der Waals surface area contributed by atoms with Crippen LogP contribution in [0.4, 0.5) is 14.9 Å². The van der Waals surface area contributed by atoms with E-state index in [1.54, 1.807) is 23.5 Å². The molecular formula is C28H33FN6O2S. The lowest BCUT2D eigenvalue weighted by atomic mass is 10.1. The van der Waals surface area contributed by atoms with Gasteiger partial charge in [0.15, 0.2) is 0 Å². The number of hydrogen-bond acceptors (Lipinski definition) is 6. The number of aryl methyl sites for hydroxylation is 1. The van der Waals surface area contributed by atoms with Crippen LogP contribution in [0.1, 0.15) is 18.2 Å². The number of hydrogen-bond donors (Lipinski definition) is 3. The van der Waals surface area contributed by atoms with E-state index in [9.17, 15) is 9.18 Å². The van der Waals surface area contributed by atoms with E-state index in [1.807, 2.05) is 6.20 Å². The summed E-state index contributed by atoms with van der Waals surface area (Å²) in [6.45, 7) is 8.81. The second-order valence-electron chi connectivity index (χ2n) is 9.48. The Hall–Kier alpha value is -3.31. The topological polar surface area (TPSA) is 85.7 Å². The summed E-state index contributed by atoms with van der Waals surface area (Å²) in [6, 6.07) is 12.0. The number of fused-ring (bicyclic) bond motifs is 1. The summed E-state index contributed by atoms with van der Waals surface area (Å²) in [4.78, 5) is 22.3. The highest BCUT2D eigenvalue weighted by Crippen LogP contribution is 2.32. The maximum absolute atomic E-state index is 13.1. The number of carbonyl (C=O) groups excluding carboxylic acids is 1. The molecule has 0 unspecified atom stereocenters. The van der Waals surface area contributed by atoms with Crippen LogP contribution in [0.25, 0.3) is 21.5 Å². The minimum absolute atomic E-state index is 0.208. The molecule has 200 valence electrons. The first kappa shape index (κ1) is 26.3. The number of piperazine rings is 1. The second kappa shape index (κ2) is 12.0. The molecule has 0 saturated carbocycles. The molecule has 0 bridgehead atoms. The largest absolute Gasteiger partial charge is 0.395 e. The minimum atomic E-state index is -0.314. The summed E-state index contributed by atoms with van der Waals surface area (Å²) in [5.41, 5.74) is 4.68. The monoisotopic (exact) mass is 536 g/mol. The molecule has 2 aromatic heterocycles. The van der Waals surface area contributed by atoms with Crippen molar-refractivity contribution in [1.29, 1.82) is 0 Å². The molecule has 0 radical (unpaired) electrons. The number of benzene rings is 2. The van der Waals surface area contributed by atoms with Crippen molar-refractivity contribution in [2.75, 3.05) is 44.6 Å². The van der Waals surface area contributed by atoms with E-state index in [2.05, 4.69) is 55.5 Å². The lowest BCUT2D eigenvalue weighted by Crippen LogP contribution is -2.46. The smallest absolute Gasteiger partial charge is 0.319 e. The van der Waals surface area contributed by atoms with Crippen LogP contribution in [0.5, 0.6) is 0 Å². The average molecular weight is 537 g/mol. The zero-order valence-electron chi connectivity index (χ0n) is 21.5. The Morgan fingerprint density at radius 3 is 2.61 bits per heavy atom. The fourth-order valence-corrected chi connectivity index (χ4v) is 5.60. The fourth-order valence-electron chi connectivity index (χ4n) is 4.80. The van der Waals surface area contributed by atoms with E-state index in [-0.39, 0.29) is 18.5 Å². The van der Waals surface area contributed by atoms with Crippen LogP contribution in [0, 0.1) is 5.82 Å². The average Bonchev–Trinajstić information content (AvgIpc) is 3.54. The van der Waals surface area contributed by atoms with Crippen LogP contribution < -0.4 is 10.6 Å². The summed E-state index contributed by atoms with van der Waals surface area (Å²) >= 11 is 1.63. The minimum Gasteiger partial charge on any atom is -0.395 e. The number of nitrogens with zero attached hydrogens (tertiary/aromatic N) is 4. The van der Waals surface area contributed by atoms with Gasteiger partial charge in [0.05, 0.1) is 23.5 Å². The molecule has 1 aliphatic heterocycles. The molecule has 10 heteroatoms. The van der Waals surface area contributed by atoms with E-state index in [0.29, 0.717) is 6.54 Å². The van der Waals surface area contributed by atoms with Gasteiger partial charge in [-0.05, 0) is 42.8 Å². The number of anilines is 1. The fraction of sp³-hybridized carbons (Fsp3) is 0.357. The first-order valence-electron chi connectivity index (χ1n) is 12.9. The SMILES string of the molecule is CCn1cc(NC(=O)NCc2ccc(F)cc2)c2cc(-c3nc(CN4CCN(CCO)CC4)cs3)ccc21. The Bertz CT molecular complexity index is 1380. The van der Waals surface area contributed by atoms with E-state index < -0.39 is 0 Å². The van der Waals surface area contributed by atoms with Crippen molar-refractivity contribution >= 4 is 34.0 Å². The number of aliphatic hydroxyl groups is 1. The highest BCUT2D eigenvalue weighted by Gasteiger charge is 2.18. The number of amides is 2. The van der Waals surface area contributed by atoms with Gasteiger partial charge in [0.2, 0.25) is 0 Å². The van der Waals surface area contributed by atoms with E-state index >= 15 is 0 Å². The highest BCUT2D eigenvalue weighted by molar-refractivity contribution is 7.13. The number of β-amino-alcohol motifs (C(OH)–C–C–N with tert-alkyl or cyclic N) is 1. The summed E-state index contributed by atoms with van der Waals surface area (Å²) in [5.74, 6) is -0.300. The van der Waals surface area contributed by atoms with Gasteiger partial charge < -0.3 is 20.3 Å². The molecule has 3 heterocycles. The number of aromatic nitrogens is 2. The van der Waals surface area contributed by atoms with E-state index in [4.69, 9.17) is 10.1 Å². The molecule has 38 heavy (non-hydrogen) atoms. The molecule has 4 aromatic rings. The van der Waals surface area contributed by atoms with E-state index in [1.165, 1.54) is 12.1 Å². The Labute approximate surface area is 225 Å². The van der Waals surface area contributed by atoms with Crippen molar-refractivity contribution in [2.24, 2.45) is 0 Å². The second-order valence-corrected chi connectivity index (χ2v) is 10.3. The Kier molecular flexibility index (Phi) is 8.33. The predicted molar refractivity (Wildman–Crippen MR) is 150 cm³/mol. The van der Waals surface area contributed by atoms with Crippen molar-refractivity contribution in [3.8, 4) is 10.6 Å². The van der Waals surface area contributed by atoms with Crippen molar-refractivity contribution in [2.45, 2.75) is 26.6 Å². The lowest BCUT2D eigenvalue weighted by Gasteiger charge is -2.33. The summed E-state index contributed by atoms with van der Waals surface area (Å²) in [6.07, 6.45) is 1.95. The predicted octanol–water partition coefficient (Wildman–Crippen LogP) is 4.36. The van der Waals surface area contributed by atoms with Gasteiger partial charge in [-0.1, -0.05) is 12.1 Å². The zero-order chi connectivity index (χ0) is 26.5. The molecule has 0 spiro atoms. The van der Waals surface area contributed by atoms with Gasteiger partial charge in [0.1, 0.15) is 10.8 Å². The van der Waals surface area contributed by atoms with Crippen LogP contribution in [0.15, 0.2) is 54.0 Å². The first-order valence-corrected chi connectivity index (χ1v) is 13.8. The Morgan fingerprint density at radius 1 is 1.11 bits per heavy atom. The molecule has 2 aromatic carbocycles. The van der Waals surface area contributed by atoms with Crippen LogP contribution in [0.2, 0.25) is 0 Å². The molecule has 5 rings (SSSR count). The first-order chi connectivity index (χ1) is 18.5. The number of urea groups is 1. The van der Waals surface area contributed by atoms with Gasteiger partial charge in [0, 0.05) is 74.9 Å². The molecule has 3 N–H and O–H groups in total. The number of aliphatic hydroxyl groups excluding tert-OH is 1. The third-order valence-electron chi connectivity index (χ3n) is 6.90. The van der Waals surface area contributed by atoms with Gasteiger partial charge in [-0.15, -0.1) is 11.3 Å². The quantitative estimate of drug-likeness (QED) is 0.296. The van der Waals surface area contributed by atoms with Crippen LogP contribution >= 0.6 is 11.3 Å². The van der Waals surface area contributed by atoms with Crippen molar-refractivity contribution in [3.63, 3.8) is 0 Å². The molecule has 2 amide bonds. The summed E-state index contributed by atoms with van der Waals surface area (Å²) in [5, 5.41) is 19.0. The van der Waals surface area contributed by atoms with Gasteiger partial charge >= 0.3 is 6.03 Å². The van der Waals surface area contributed by atoms with Gasteiger partial charge in [-0.3, -0.25) is 9.80 Å². The molecular weight excluding hydrogens is 503 g/mol. The molecule has 1 fully saturated rings. The third kappa shape index (κ3) is 6.21. The molecule has 1 saturated heterocycles. The summed E-state index contributed by atoms with van der Waals surface area (Å²) in [7, 11) is 0. The van der Waals surface area contributed by atoms with Crippen LogP contribution in [-0.2, 0) is 19.6 Å². The molecule has 8 nitrogen and oxygen atoms in total. The van der Waals surface area contributed by atoms with Gasteiger partial charge in [-0.25, -0.2) is 14.2 Å². The maximum atomic E-state index is 13.1. The summed E-state index contributed by atoms with van der Waals surface area (Å²) < 4.78 is 15.2. The standard InChI is InChI=1S/C28H33FN6O2S/c1-2-35-18-25(32-28(37)30-16-20-3-6-22(29)7-4-20)24-15-21(5-8-26(24)35)27-31-23(19-38-27)17-34-11-9-33(10-12-34)13-14-36/h3-8,15,18-19,36H,2,9-14,16-17H2,1H3,(H2,30,32,37). The van der Waals surface area contributed by atoms with E-state index in [0.717, 1.165) is 84.2 Å². The molecule has 1 aliphatic rings. The molecule has 0 aliphatic carbocycles. The number of rotatable bonds is 9. The molecule has 0 atom stereocenters. The number of nitrogens with one attached hydrogen (secondary N) is 2. The van der Waals surface area contributed by atoms with Crippen molar-refractivity contribution in [1.82, 2.24) is 24.7 Å². The van der Waals surface area contributed by atoms with Crippen LogP contribution in [-0.4, -0.2) is 69.8 Å². The highest BCUT2D eigenvalue weighted by atomic mass is 32.1. The Balaban J connectivity index is 1.27. The maximum Gasteiger partial charge on any atom is 0.319 e. The number of thiazole rings is 1. The van der Waals surface area contributed by atoms with Crippen LogP contribution in [0.3, 0.4) is 0 Å². The van der Waals surface area contributed by atoms with Gasteiger partial charge in [0.25, 0.3) is 0 Å². The lowest BCUT2D eigenvalue weighted by molar-refractivity contribution is 0.108. The zero-order valence-corrected chi connectivity index (χ0v) is 22.3.